The van der Waals surface area contributed by atoms with Crippen molar-refractivity contribution in [2.24, 2.45) is 0 Å². The van der Waals surface area contributed by atoms with Crippen LogP contribution in [-0.4, -0.2) is 5.97 Å². The van der Waals surface area contributed by atoms with E-state index in [1.165, 1.54) is 83.5 Å². The zero-order chi connectivity index (χ0) is 14.9. The van der Waals surface area contributed by atoms with Crippen molar-refractivity contribution >= 4 is 5.97 Å². The molecule has 0 heterocycles. The summed E-state index contributed by atoms with van der Waals surface area (Å²) in [6, 6.07) is 0. The van der Waals surface area contributed by atoms with E-state index in [1.807, 2.05) is 0 Å². The van der Waals surface area contributed by atoms with Gasteiger partial charge in [0.15, 0.2) is 0 Å². The minimum Gasteiger partial charge on any atom is -0.550 e. The zero-order valence-corrected chi connectivity index (χ0v) is 14.6. The van der Waals surface area contributed by atoms with E-state index >= 15 is 0 Å². The third kappa shape index (κ3) is 22.5. The minimum absolute atomic E-state index is 0. The summed E-state index contributed by atoms with van der Waals surface area (Å²) in [6.45, 7) is 2.27. The molecule has 0 aromatic rings. The Morgan fingerprint density at radius 1 is 0.619 bits per heavy atom. The van der Waals surface area contributed by atoms with Gasteiger partial charge in [-0.05, 0) is 12.8 Å². The SMILES string of the molecule is CCCCCCCCCCCCCCCCCC(=O)[O-].[Li+]. The predicted octanol–water partition coefficient (Wildman–Crippen LogP) is 2.00. The summed E-state index contributed by atoms with van der Waals surface area (Å²) in [5, 5.41) is 10.2. The Balaban J connectivity index is 0. The van der Waals surface area contributed by atoms with Crippen LogP contribution in [0.15, 0.2) is 0 Å². The standard InChI is InChI=1S/C18H36O2.Li/c1-2-3-4-5-6-7-8-9-10-11-12-13-14-15-16-17-18(19)20;/h2-17H2,1H3,(H,19,20);/q;+1/p-1. The minimum atomic E-state index is -0.903. The monoisotopic (exact) mass is 290 g/mol. The second-order valence-corrected chi connectivity index (χ2v) is 6.07. The van der Waals surface area contributed by atoms with Crippen molar-refractivity contribution in [2.45, 2.75) is 110 Å². The Bertz CT molecular complexity index is 207. The fourth-order valence-electron chi connectivity index (χ4n) is 2.64. The van der Waals surface area contributed by atoms with Gasteiger partial charge in [-0.3, -0.25) is 0 Å². The summed E-state index contributed by atoms with van der Waals surface area (Å²) >= 11 is 0. The van der Waals surface area contributed by atoms with Crippen molar-refractivity contribution < 1.29 is 28.8 Å². The van der Waals surface area contributed by atoms with Gasteiger partial charge in [0.1, 0.15) is 0 Å². The average molecular weight is 290 g/mol. The van der Waals surface area contributed by atoms with Gasteiger partial charge in [-0.15, -0.1) is 0 Å². The normalized spacial score (nSPS) is 10.3. The first-order chi connectivity index (χ1) is 9.77. The first-order valence-corrected chi connectivity index (χ1v) is 8.97. The zero-order valence-electron chi connectivity index (χ0n) is 14.6. The molecule has 120 valence electrons. The van der Waals surface area contributed by atoms with Gasteiger partial charge in [-0.1, -0.05) is 96.8 Å². The van der Waals surface area contributed by atoms with Crippen LogP contribution in [0.1, 0.15) is 110 Å². The van der Waals surface area contributed by atoms with Gasteiger partial charge < -0.3 is 9.90 Å². The molecule has 0 saturated carbocycles. The molecule has 0 radical (unpaired) electrons. The molecule has 0 N–H and O–H groups in total. The molecule has 0 rings (SSSR count). The molecule has 0 aliphatic rings. The van der Waals surface area contributed by atoms with Crippen LogP contribution in [0.3, 0.4) is 0 Å². The predicted molar refractivity (Wildman–Crippen MR) is 84.6 cm³/mol. The van der Waals surface area contributed by atoms with Gasteiger partial charge in [0.25, 0.3) is 0 Å². The van der Waals surface area contributed by atoms with Crippen molar-refractivity contribution in [2.75, 3.05) is 0 Å². The van der Waals surface area contributed by atoms with Gasteiger partial charge in [-0.25, -0.2) is 0 Å². The Kier molecular flexibility index (Phi) is 22.3. The van der Waals surface area contributed by atoms with Crippen LogP contribution in [0.25, 0.3) is 0 Å². The van der Waals surface area contributed by atoms with E-state index in [0.717, 1.165) is 12.8 Å². The summed E-state index contributed by atoms with van der Waals surface area (Å²) in [4.78, 5) is 10.2. The molecular weight excluding hydrogens is 255 g/mol. The largest absolute Gasteiger partial charge is 1.00 e. The topological polar surface area (TPSA) is 40.1 Å². The molecule has 0 bridgehead atoms. The summed E-state index contributed by atoms with van der Waals surface area (Å²) in [5.41, 5.74) is 0. The van der Waals surface area contributed by atoms with E-state index in [9.17, 15) is 9.90 Å². The smallest absolute Gasteiger partial charge is 0.550 e. The van der Waals surface area contributed by atoms with Crippen LogP contribution in [0.5, 0.6) is 0 Å². The number of carboxylic acid groups (broad SMARTS) is 1. The van der Waals surface area contributed by atoms with Crippen LogP contribution in [-0.2, 0) is 4.79 Å². The summed E-state index contributed by atoms with van der Waals surface area (Å²) in [6.07, 6.45) is 19.9. The van der Waals surface area contributed by atoms with Crippen LogP contribution in [0.4, 0.5) is 0 Å². The quantitative estimate of drug-likeness (QED) is 0.322. The number of hydrogen-bond donors (Lipinski definition) is 0. The summed E-state index contributed by atoms with van der Waals surface area (Å²) in [5.74, 6) is -0.903. The van der Waals surface area contributed by atoms with E-state index in [0.29, 0.717) is 0 Å². The summed E-state index contributed by atoms with van der Waals surface area (Å²) < 4.78 is 0. The van der Waals surface area contributed by atoms with Crippen LogP contribution in [0.2, 0.25) is 0 Å². The molecule has 3 heteroatoms. The molecule has 2 nitrogen and oxygen atoms in total. The maximum absolute atomic E-state index is 10.2. The fraction of sp³-hybridized carbons (Fsp3) is 0.944. The van der Waals surface area contributed by atoms with E-state index in [2.05, 4.69) is 6.92 Å². The summed E-state index contributed by atoms with van der Waals surface area (Å²) in [7, 11) is 0. The van der Waals surface area contributed by atoms with Crippen LogP contribution in [0, 0.1) is 0 Å². The molecule has 0 unspecified atom stereocenters. The Morgan fingerprint density at radius 3 is 1.19 bits per heavy atom. The van der Waals surface area contributed by atoms with Crippen molar-refractivity contribution in [3.63, 3.8) is 0 Å². The number of rotatable bonds is 16. The molecule has 21 heavy (non-hydrogen) atoms. The Morgan fingerprint density at radius 2 is 0.905 bits per heavy atom. The fourth-order valence-corrected chi connectivity index (χ4v) is 2.64. The second-order valence-electron chi connectivity index (χ2n) is 6.07. The molecule has 0 aromatic carbocycles. The molecule has 0 amide bonds. The first kappa shape index (κ1) is 23.3. The van der Waals surface area contributed by atoms with E-state index < -0.39 is 5.97 Å². The van der Waals surface area contributed by atoms with Gasteiger partial charge in [0.05, 0.1) is 0 Å². The molecule has 0 fully saturated rings. The number of carboxylic acids is 1. The molecule has 0 saturated heterocycles. The Labute approximate surface area is 144 Å². The first-order valence-electron chi connectivity index (χ1n) is 8.97. The number of carbonyl (C=O) groups excluding carboxylic acids is 1. The van der Waals surface area contributed by atoms with Crippen LogP contribution < -0.4 is 24.0 Å². The van der Waals surface area contributed by atoms with Crippen molar-refractivity contribution in [3.8, 4) is 0 Å². The van der Waals surface area contributed by atoms with Gasteiger partial charge in [0, 0.05) is 5.97 Å². The molecule has 0 spiro atoms. The van der Waals surface area contributed by atoms with Gasteiger partial charge >= 0.3 is 18.9 Å². The average Bonchev–Trinajstić information content (AvgIpc) is 2.43. The third-order valence-electron chi connectivity index (χ3n) is 3.98. The van der Waals surface area contributed by atoms with Crippen molar-refractivity contribution in [1.29, 1.82) is 0 Å². The number of hydrogen-bond acceptors (Lipinski definition) is 2. The van der Waals surface area contributed by atoms with E-state index in [1.54, 1.807) is 0 Å². The van der Waals surface area contributed by atoms with Gasteiger partial charge in [-0.2, -0.15) is 0 Å². The van der Waals surface area contributed by atoms with E-state index in [-0.39, 0.29) is 25.3 Å². The third-order valence-corrected chi connectivity index (χ3v) is 3.98. The number of carbonyl (C=O) groups is 1. The second kappa shape index (κ2) is 20.1. The van der Waals surface area contributed by atoms with Crippen molar-refractivity contribution in [1.82, 2.24) is 0 Å². The van der Waals surface area contributed by atoms with Crippen molar-refractivity contribution in [3.05, 3.63) is 0 Å². The molecular formula is C18H35LiO2. The molecule has 0 aliphatic heterocycles. The maximum atomic E-state index is 10.2. The Hall–Kier alpha value is 0.0674. The maximum Gasteiger partial charge on any atom is 1.00 e. The van der Waals surface area contributed by atoms with Gasteiger partial charge in [0.2, 0.25) is 0 Å². The number of unbranched alkanes of at least 4 members (excludes halogenated alkanes) is 14. The van der Waals surface area contributed by atoms with Crippen LogP contribution >= 0.6 is 0 Å². The molecule has 0 atom stereocenters. The molecule has 0 aromatic heterocycles. The molecule has 0 aliphatic carbocycles. The van der Waals surface area contributed by atoms with E-state index in [4.69, 9.17) is 0 Å². The number of aliphatic carboxylic acids is 1.